The Bertz CT molecular complexity index is 404. The number of halogens is 1. The second-order valence-corrected chi connectivity index (χ2v) is 6.44. The van der Waals surface area contributed by atoms with Crippen LogP contribution in [-0.2, 0) is 0 Å². The maximum absolute atomic E-state index is 13.2. The number of nitrogens with zero attached hydrogens (tertiary/aromatic N) is 1. The van der Waals surface area contributed by atoms with E-state index < -0.39 is 6.10 Å². The molecule has 0 saturated heterocycles. The molecule has 1 aromatic carbocycles. The van der Waals surface area contributed by atoms with Crippen LogP contribution in [0.25, 0.3) is 0 Å². The Balaban J connectivity index is 2.67. The molecule has 1 atom stereocenters. The van der Waals surface area contributed by atoms with Gasteiger partial charge >= 0.3 is 0 Å². The first-order valence-corrected chi connectivity index (χ1v) is 7.08. The van der Waals surface area contributed by atoms with Gasteiger partial charge in [0.25, 0.3) is 0 Å². The van der Waals surface area contributed by atoms with Crippen molar-refractivity contribution in [1.82, 2.24) is 4.90 Å². The standard InChI is InChI=1S/C16H26FNO2/c1-16(2,3)12-18(8-5-9-19)11-15(20)13-6-4-7-14(17)10-13/h4,6-7,10,15,19-20H,5,8-9,11-12H2,1-3H3. The lowest BCUT2D eigenvalue weighted by atomic mass is 9.95. The molecule has 0 spiro atoms. The summed E-state index contributed by atoms with van der Waals surface area (Å²) in [5.74, 6) is -0.334. The average Bonchev–Trinajstić information content (AvgIpc) is 2.34. The minimum atomic E-state index is -0.716. The maximum atomic E-state index is 13.2. The van der Waals surface area contributed by atoms with E-state index >= 15 is 0 Å². The summed E-state index contributed by atoms with van der Waals surface area (Å²) in [4.78, 5) is 2.12. The lowest BCUT2D eigenvalue weighted by Gasteiger charge is -2.31. The minimum Gasteiger partial charge on any atom is -0.396 e. The monoisotopic (exact) mass is 283 g/mol. The molecule has 0 aliphatic rings. The van der Waals surface area contributed by atoms with Gasteiger partial charge < -0.3 is 10.2 Å². The van der Waals surface area contributed by atoms with Gasteiger partial charge in [0.15, 0.2) is 0 Å². The Morgan fingerprint density at radius 3 is 2.55 bits per heavy atom. The van der Waals surface area contributed by atoms with Crippen molar-refractivity contribution in [1.29, 1.82) is 0 Å². The van der Waals surface area contributed by atoms with E-state index in [0.717, 1.165) is 13.1 Å². The summed E-state index contributed by atoms with van der Waals surface area (Å²) < 4.78 is 13.2. The molecule has 20 heavy (non-hydrogen) atoms. The van der Waals surface area contributed by atoms with Gasteiger partial charge in [-0.2, -0.15) is 0 Å². The van der Waals surface area contributed by atoms with Crippen molar-refractivity contribution in [2.75, 3.05) is 26.2 Å². The molecule has 0 aliphatic carbocycles. The van der Waals surface area contributed by atoms with Gasteiger partial charge in [-0.1, -0.05) is 32.9 Å². The molecule has 0 aromatic heterocycles. The van der Waals surface area contributed by atoms with E-state index in [1.54, 1.807) is 12.1 Å². The smallest absolute Gasteiger partial charge is 0.123 e. The van der Waals surface area contributed by atoms with Crippen LogP contribution >= 0.6 is 0 Å². The molecule has 1 rings (SSSR count). The van der Waals surface area contributed by atoms with Crippen molar-refractivity contribution in [3.05, 3.63) is 35.6 Å². The van der Waals surface area contributed by atoms with Crippen LogP contribution in [0.15, 0.2) is 24.3 Å². The zero-order valence-corrected chi connectivity index (χ0v) is 12.6. The number of hydrogen-bond donors (Lipinski definition) is 2. The van der Waals surface area contributed by atoms with Crippen LogP contribution in [0.2, 0.25) is 0 Å². The first-order chi connectivity index (χ1) is 9.31. The maximum Gasteiger partial charge on any atom is 0.123 e. The fourth-order valence-corrected chi connectivity index (χ4v) is 2.26. The highest BCUT2D eigenvalue weighted by molar-refractivity contribution is 5.19. The average molecular weight is 283 g/mol. The third-order valence-electron chi connectivity index (χ3n) is 2.99. The molecule has 0 bridgehead atoms. The van der Waals surface area contributed by atoms with Crippen LogP contribution in [0, 0.1) is 11.2 Å². The topological polar surface area (TPSA) is 43.7 Å². The van der Waals surface area contributed by atoms with Gasteiger partial charge in [-0.15, -0.1) is 0 Å². The highest BCUT2D eigenvalue weighted by Crippen LogP contribution is 2.20. The summed E-state index contributed by atoms with van der Waals surface area (Å²) in [6.07, 6.45) is -0.0434. The molecule has 3 nitrogen and oxygen atoms in total. The predicted octanol–water partition coefficient (Wildman–Crippen LogP) is 2.59. The fourth-order valence-electron chi connectivity index (χ4n) is 2.26. The molecule has 0 fully saturated rings. The summed E-state index contributed by atoms with van der Waals surface area (Å²) in [5, 5.41) is 19.2. The summed E-state index contributed by atoms with van der Waals surface area (Å²) >= 11 is 0. The fraction of sp³-hybridized carbons (Fsp3) is 0.625. The summed E-state index contributed by atoms with van der Waals surface area (Å²) in [6, 6.07) is 6.08. The predicted molar refractivity (Wildman–Crippen MR) is 79.0 cm³/mol. The number of benzene rings is 1. The van der Waals surface area contributed by atoms with E-state index in [4.69, 9.17) is 5.11 Å². The van der Waals surface area contributed by atoms with Gasteiger partial charge in [0.2, 0.25) is 0 Å². The van der Waals surface area contributed by atoms with Crippen molar-refractivity contribution in [2.24, 2.45) is 5.41 Å². The molecule has 0 aliphatic heterocycles. The van der Waals surface area contributed by atoms with Gasteiger partial charge in [-0.05, 0) is 29.5 Å². The molecule has 1 unspecified atom stereocenters. The van der Waals surface area contributed by atoms with Crippen molar-refractivity contribution in [3.63, 3.8) is 0 Å². The van der Waals surface area contributed by atoms with E-state index in [1.807, 2.05) is 0 Å². The molecule has 114 valence electrons. The largest absolute Gasteiger partial charge is 0.396 e. The molecular formula is C16H26FNO2. The molecule has 0 heterocycles. The molecular weight excluding hydrogens is 257 g/mol. The highest BCUT2D eigenvalue weighted by atomic mass is 19.1. The van der Waals surface area contributed by atoms with Crippen LogP contribution in [0.4, 0.5) is 4.39 Å². The van der Waals surface area contributed by atoms with Crippen LogP contribution in [0.5, 0.6) is 0 Å². The molecule has 0 saturated carbocycles. The number of rotatable bonds is 7. The zero-order chi connectivity index (χ0) is 15.2. The first kappa shape index (κ1) is 17.1. The number of hydrogen-bond acceptors (Lipinski definition) is 3. The summed E-state index contributed by atoms with van der Waals surface area (Å²) in [5.41, 5.74) is 0.699. The highest BCUT2D eigenvalue weighted by Gasteiger charge is 2.19. The van der Waals surface area contributed by atoms with Crippen molar-refractivity contribution in [2.45, 2.75) is 33.3 Å². The third-order valence-corrected chi connectivity index (χ3v) is 2.99. The van der Waals surface area contributed by atoms with E-state index in [9.17, 15) is 9.50 Å². The van der Waals surface area contributed by atoms with Crippen LogP contribution in [0.1, 0.15) is 38.9 Å². The van der Waals surface area contributed by atoms with E-state index in [2.05, 4.69) is 25.7 Å². The molecule has 2 N–H and O–H groups in total. The van der Waals surface area contributed by atoms with E-state index in [-0.39, 0.29) is 17.8 Å². The van der Waals surface area contributed by atoms with Crippen LogP contribution in [0.3, 0.4) is 0 Å². The Morgan fingerprint density at radius 1 is 1.30 bits per heavy atom. The Morgan fingerprint density at radius 2 is 2.00 bits per heavy atom. The van der Waals surface area contributed by atoms with Crippen molar-refractivity contribution >= 4 is 0 Å². The Labute approximate surface area is 121 Å². The molecule has 0 amide bonds. The lowest BCUT2D eigenvalue weighted by molar-refractivity contribution is 0.0867. The summed E-state index contributed by atoms with van der Waals surface area (Å²) in [6.45, 7) is 8.52. The summed E-state index contributed by atoms with van der Waals surface area (Å²) in [7, 11) is 0. The zero-order valence-electron chi connectivity index (χ0n) is 12.6. The second-order valence-electron chi connectivity index (χ2n) is 6.44. The van der Waals surface area contributed by atoms with Gasteiger partial charge in [-0.25, -0.2) is 4.39 Å². The number of aliphatic hydroxyl groups is 2. The van der Waals surface area contributed by atoms with E-state index in [1.165, 1.54) is 12.1 Å². The lowest BCUT2D eigenvalue weighted by Crippen LogP contribution is -2.36. The van der Waals surface area contributed by atoms with Gasteiger partial charge in [-0.3, -0.25) is 4.90 Å². The van der Waals surface area contributed by atoms with Gasteiger partial charge in [0.1, 0.15) is 5.82 Å². The normalized spacial score (nSPS) is 13.8. The molecule has 0 radical (unpaired) electrons. The SMILES string of the molecule is CC(C)(C)CN(CCCO)CC(O)c1cccc(F)c1. The quantitative estimate of drug-likeness (QED) is 0.808. The molecule has 1 aromatic rings. The van der Waals surface area contributed by atoms with Gasteiger partial charge in [0.05, 0.1) is 6.10 Å². The van der Waals surface area contributed by atoms with Crippen molar-refractivity contribution in [3.8, 4) is 0 Å². The molecule has 4 heteroatoms. The van der Waals surface area contributed by atoms with E-state index in [0.29, 0.717) is 18.5 Å². The Kier molecular flexibility index (Phi) is 6.59. The van der Waals surface area contributed by atoms with Crippen molar-refractivity contribution < 1.29 is 14.6 Å². The number of aliphatic hydroxyl groups excluding tert-OH is 2. The Hall–Kier alpha value is -0.970. The van der Waals surface area contributed by atoms with Crippen LogP contribution in [-0.4, -0.2) is 41.4 Å². The van der Waals surface area contributed by atoms with Gasteiger partial charge in [0, 0.05) is 26.2 Å². The minimum absolute atomic E-state index is 0.108. The first-order valence-electron chi connectivity index (χ1n) is 7.08. The third kappa shape index (κ3) is 6.46. The van der Waals surface area contributed by atoms with Crippen LogP contribution < -0.4 is 0 Å². The second kappa shape index (κ2) is 7.72.